The van der Waals surface area contributed by atoms with E-state index in [1.165, 1.54) is 45.6 Å². The highest BCUT2D eigenvalue weighted by Crippen LogP contribution is 2.42. The summed E-state index contributed by atoms with van der Waals surface area (Å²) < 4.78 is 2.37. The molecule has 5 heteroatoms. The maximum atomic E-state index is 4.89. The molecule has 5 rings (SSSR count). The molecule has 3 aromatic rings. The first-order valence-corrected chi connectivity index (χ1v) is 9.24. The monoisotopic (exact) mass is 324 g/mol. The Hall–Kier alpha value is -1.88. The largest absolute Gasteiger partial charge is 0.348 e. The van der Waals surface area contributed by atoms with E-state index in [0.717, 1.165) is 24.7 Å². The first kappa shape index (κ1) is 13.5. The normalized spacial score (nSPS) is 20.1. The molecule has 1 atom stereocenters. The van der Waals surface area contributed by atoms with Crippen molar-refractivity contribution in [2.24, 2.45) is 0 Å². The fraction of sp³-hybridized carbons (Fsp3) is 0.444. The summed E-state index contributed by atoms with van der Waals surface area (Å²) in [6.07, 6.45) is 5.87. The van der Waals surface area contributed by atoms with Crippen molar-refractivity contribution >= 4 is 27.4 Å². The standard InChI is InChI=1S/C18H20N4S/c1-11-14-6-4-8-21(14)9-10-22(11)17-16-13-5-3-7-15(13)23-18(16)20-12(2)19-17/h4,6,8,11H,3,5,7,9-10H2,1-2H3/t11-/m0/s1. The van der Waals surface area contributed by atoms with Crippen LogP contribution in [0.15, 0.2) is 18.3 Å². The van der Waals surface area contributed by atoms with Crippen LogP contribution in [0.4, 0.5) is 5.82 Å². The van der Waals surface area contributed by atoms with Crippen LogP contribution in [0.5, 0.6) is 0 Å². The van der Waals surface area contributed by atoms with Crippen molar-refractivity contribution in [2.45, 2.75) is 45.7 Å². The van der Waals surface area contributed by atoms with Gasteiger partial charge in [-0.2, -0.15) is 0 Å². The molecule has 0 unspecified atom stereocenters. The Labute approximate surface area is 139 Å². The summed E-state index contributed by atoms with van der Waals surface area (Å²) in [5.41, 5.74) is 2.90. The fourth-order valence-corrected chi connectivity index (χ4v) is 5.46. The Kier molecular flexibility index (Phi) is 2.83. The molecule has 0 radical (unpaired) electrons. The zero-order valence-electron chi connectivity index (χ0n) is 13.5. The second-order valence-corrected chi connectivity index (χ2v) is 7.71. The Balaban J connectivity index is 1.71. The van der Waals surface area contributed by atoms with E-state index in [0.29, 0.717) is 6.04 Å². The average molecular weight is 324 g/mol. The maximum absolute atomic E-state index is 4.89. The zero-order chi connectivity index (χ0) is 15.6. The van der Waals surface area contributed by atoms with Crippen LogP contribution in [-0.2, 0) is 19.4 Å². The Bertz CT molecular complexity index is 907. The number of anilines is 1. The van der Waals surface area contributed by atoms with E-state index in [4.69, 9.17) is 9.97 Å². The van der Waals surface area contributed by atoms with E-state index in [-0.39, 0.29) is 0 Å². The molecule has 2 aliphatic rings. The first-order chi connectivity index (χ1) is 11.2. The third-order valence-electron chi connectivity index (χ3n) is 5.27. The molecule has 0 fully saturated rings. The van der Waals surface area contributed by atoms with E-state index < -0.39 is 0 Å². The van der Waals surface area contributed by atoms with Crippen molar-refractivity contribution in [2.75, 3.05) is 11.4 Å². The summed E-state index contributed by atoms with van der Waals surface area (Å²) >= 11 is 1.88. The van der Waals surface area contributed by atoms with Gasteiger partial charge in [-0.3, -0.25) is 0 Å². The smallest absolute Gasteiger partial charge is 0.142 e. The summed E-state index contributed by atoms with van der Waals surface area (Å²) in [7, 11) is 0. The minimum atomic E-state index is 0.355. The number of nitrogens with zero attached hydrogens (tertiary/aromatic N) is 4. The van der Waals surface area contributed by atoms with E-state index in [1.54, 1.807) is 0 Å². The van der Waals surface area contributed by atoms with Crippen LogP contribution in [0, 0.1) is 6.92 Å². The van der Waals surface area contributed by atoms with E-state index in [1.807, 2.05) is 18.3 Å². The molecule has 1 aliphatic carbocycles. The summed E-state index contributed by atoms with van der Waals surface area (Å²) in [4.78, 5) is 14.8. The molecule has 1 aliphatic heterocycles. The van der Waals surface area contributed by atoms with Crippen LogP contribution in [0.3, 0.4) is 0 Å². The number of hydrogen-bond acceptors (Lipinski definition) is 4. The van der Waals surface area contributed by atoms with Crippen LogP contribution in [0.2, 0.25) is 0 Å². The summed E-state index contributed by atoms with van der Waals surface area (Å²) in [6, 6.07) is 4.74. The predicted molar refractivity (Wildman–Crippen MR) is 94.4 cm³/mol. The van der Waals surface area contributed by atoms with Gasteiger partial charge in [0.05, 0.1) is 11.4 Å². The number of aromatic nitrogens is 3. The molecule has 0 bridgehead atoms. The maximum Gasteiger partial charge on any atom is 0.142 e. The van der Waals surface area contributed by atoms with Crippen molar-refractivity contribution in [1.29, 1.82) is 0 Å². The molecule has 0 N–H and O–H groups in total. The number of aryl methyl sites for hydroxylation is 3. The second-order valence-electron chi connectivity index (χ2n) is 6.63. The molecule has 118 valence electrons. The van der Waals surface area contributed by atoms with E-state index in [9.17, 15) is 0 Å². The van der Waals surface area contributed by atoms with Gasteiger partial charge in [-0.1, -0.05) is 0 Å². The van der Waals surface area contributed by atoms with Gasteiger partial charge in [0.1, 0.15) is 16.5 Å². The van der Waals surface area contributed by atoms with Crippen molar-refractivity contribution in [3.05, 3.63) is 40.3 Å². The van der Waals surface area contributed by atoms with Gasteiger partial charge in [0.2, 0.25) is 0 Å². The summed E-state index contributed by atoms with van der Waals surface area (Å²) in [6.45, 7) is 6.36. The van der Waals surface area contributed by atoms with Gasteiger partial charge in [0.25, 0.3) is 0 Å². The molecular weight excluding hydrogens is 304 g/mol. The quantitative estimate of drug-likeness (QED) is 0.681. The lowest BCUT2D eigenvalue weighted by atomic mass is 10.1. The molecule has 0 saturated heterocycles. The highest BCUT2D eigenvalue weighted by molar-refractivity contribution is 7.19. The minimum absolute atomic E-state index is 0.355. The molecule has 23 heavy (non-hydrogen) atoms. The van der Waals surface area contributed by atoms with Crippen LogP contribution >= 0.6 is 11.3 Å². The molecule has 0 spiro atoms. The lowest BCUT2D eigenvalue weighted by Gasteiger charge is -2.36. The Morgan fingerprint density at radius 2 is 2.13 bits per heavy atom. The van der Waals surface area contributed by atoms with Gasteiger partial charge < -0.3 is 9.47 Å². The molecule has 3 aromatic heterocycles. The highest BCUT2D eigenvalue weighted by atomic mass is 32.1. The van der Waals surface area contributed by atoms with Crippen molar-refractivity contribution < 1.29 is 0 Å². The van der Waals surface area contributed by atoms with Crippen LogP contribution in [0.25, 0.3) is 10.2 Å². The van der Waals surface area contributed by atoms with Crippen molar-refractivity contribution in [3.8, 4) is 0 Å². The number of fused-ring (bicyclic) bond motifs is 4. The lowest BCUT2D eigenvalue weighted by Crippen LogP contribution is -2.37. The number of thiophene rings is 1. The topological polar surface area (TPSA) is 34.0 Å². The predicted octanol–water partition coefficient (Wildman–Crippen LogP) is 3.87. The fourth-order valence-electron chi connectivity index (χ4n) is 4.16. The van der Waals surface area contributed by atoms with Crippen molar-refractivity contribution in [1.82, 2.24) is 14.5 Å². The van der Waals surface area contributed by atoms with Crippen LogP contribution in [0.1, 0.15) is 41.3 Å². The third-order valence-corrected chi connectivity index (χ3v) is 6.46. The Morgan fingerprint density at radius 1 is 1.22 bits per heavy atom. The molecular formula is C18H20N4S. The van der Waals surface area contributed by atoms with Gasteiger partial charge in [0.15, 0.2) is 0 Å². The average Bonchev–Trinajstić information content (AvgIpc) is 3.20. The third kappa shape index (κ3) is 1.89. The molecule has 0 saturated carbocycles. The summed E-state index contributed by atoms with van der Waals surface area (Å²) in [5, 5.41) is 1.33. The lowest BCUT2D eigenvalue weighted by molar-refractivity contribution is 0.506. The highest BCUT2D eigenvalue weighted by Gasteiger charge is 2.29. The Morgan fingerprint density at radius 3 is 3.04 bits per heavy atom. The van der Waals surface area contributed by atoms with Crippen LogP contribution < -0.4 is 4.90 Å². The molecule has 0 amide bonds. The first-order valence-electron chi connectivity index (χ1n) is 8.43. The van der Waals surface area contributed by atoms with Crippen LogP contribution in [-0.4, -0.2) is 21.1 Å². The van der Waals surface area contributed by atoms with E-state index in [2.05, 4.69) is 34.7 Å². The second kappa shape index (κ2) is 4.81. The summed E-state index contributed by atoms with van der Waals surface area (Å²) in [5.74, 6) is 2.05. The van der Waals surface area contributed by atoms with Gasteiger partial charge in [-0.15, -0.1) is 11.3 Å². The SMILES string of the molecule is Cc1nc(N2CCn3cccc3[C@@H]2C)c2c3c(sc2n1)CCC3. The molecule has 4 heterocycles. The minimum Gasteiger partial charge on any atom is -0.348 e. The molecule has 0 aromatic carbocycles. The number of hydrogen-bond donors (Lipinski definition) is 0. The van der Waals surface area contributed by atoms with E-state index >= 15 is 0 Å². The van der Waals surface area contributed by atoms with Gasteiger partial charge in [-0.05, 0) is 50.8 Å². The van der Waals surface area contributed by atoms with Gasteiger partial charge in [-0.25, -0.2) is 9.97 Å². The molecule has 4 nitrogen and oxygen atoms in total. The van der Waals surface area contributed by atoms with Gasteiger partial charge >= 0.3 is 0 Å². The van der Waals surface area contributed by atoms with Gasteiger partial charge in [0, 0.05) is 29.9 Å². The number of rotatable bonds is 1. The van der Waals surface area contributed by atoms with Crippen molar-refractivity contribution in [3.63, 3.8) is 0 Å². The zero-order valence-corrected chi connectivity index (χ0v) is 14.4.